The molecule has 0 unspecified atom stereocenters. The second-order valence-electron chi connectivity index (χ2n) is 4.91. The highest BCUT2D eigenvalue weighted by molar-refractivity contribution is 5.90. The van der Waals surface area contributed by atoms with Gasteiger partial charge in [0, 0.05) is 18.0 Å². The van der Waals surface area contributed by atoms with E-state index in [1.807, 2.05) is 0 Å². The molecule has 4 nitrogen and oxygen atoms in total. The van der Waals surface area contributed by atoms with E-state index in [0.717, 1.165) is 18.9 Å². The maximum absolute atomic E-state index is 13.4. The lowest BCUT2D eigenvalue weighted by molar-refractivity contribution is 0.0684. The van der Waals surface area contributed by atoms with Crippen LogP contribution in [0, 0.1) is 11.7 Å². The Morgan fingerprint density at radius 3 is 2.74 bits per heavy atom. The van der Waals surface area contributed by atoms with Crippen LogP contribution in [0.3, 0.4) is 0 Å². The molecule has 0 aliphatic heterocycles. The number of nitrogens with zero attached hydrogens (tertiary/aromatic N) is 1. The van der Waals surface area contributed by atoms with Gasteiger partial charge in [-0.3, -0.25) is 4.79 Å². The molecule has 19 heavy (non-hydrogen) atoms. The summed E-state index contributed by atoms with van der Waals surface area (Å²) >= 11 is 0. The Balaban J connectivity index is 2.34. The molecule has 1 fully saturated rings. The van der Waals surface area contributed by atoms with Crippen LogP contribution in [-0.4, -0.2) is 15.6 Å². The van der Waals surface area contributed by atoms with Crippen molar-refractivity contribution in [1.82, 2.24) is 4.57 Å². The zero-order valence-electron chi connectivity index (χ0n) is 10.1. The Bertz CT molecular complexity index is 731. The van der Waals surface area contributed by atoms with Crippen LogP contribution in [0.2, 0.25) is 0 Å². The number of fused-ring (bicyclic) bond motifs is 1. The molecule has 0 amide bonds. The van der Waals surface area contributed by atoms with Gasteiger partial charge in [0.05, 0.1) is 5.52 Å². The van der Waals surface area contributed by atoms with Gasteiger partial charge >= 0.3 is 5.97 Å². The summed E-state index contributed by atoms with van der Waals surface area (Å²) in [5, 5.41) is 9.55. The number of halogens is 1. The molecule has 1 N–H and O–H groups in total. The number of carbonyl (C=O) groups is 1. The molecule has 0 atom stereocenters. The lowest BCUT2D eigenvalue weighted by atomic mass is 10.1. The van der Waals surface area contributed by atoms with Gasteiger partial charge < -0.3 is 9.67 Å². The monoisotopic (exact) mass is 261 g/mol. The number of aromatic nitrogens is 1. The summed E-state index contributed by atoms with van der Waals surface area (Å²) in [5.74, 6) is -1.21. The van der Waals surface area contributed by atoms with Gasteiger partial charge in [0.25, 0.3) is 0 Å². The van der Waals surface area contributed by atoms with Crippen molar-refractivity contribution in [2.75, 3.05) is 0 Å². The van der Waals surface area contributed by atoms with E-state index in [1.54, 1.807) is 4.57 Å². The molecule has 1 aliphatic rings. The summed E-state index contributed by atoms with van der Waals surface area (Å²) in [6, 6.07) is 4.96. The summed E-state index contributed by atoms with van der Waals surface area (Å²) in [6.45, 7) is 0.516. The van der Waals surface area contributed by atoms with Crippen molar-refractivity contribution in [3.63, 3.8) is 0 Å². The van der Waals surface area contributed by atoms with Crippen LogP contribution in [0.4, 0.5) is 4.39 Å². The average Bonchev–Trinajstić information content (AvgIpc) is 3.16. The second kappa shape index (κ2) is 4.19. The summed E-state index contributed by atoms with van der Waals surface area (Å²) in [5.41, 5.74) is -0.105. The zero-order valence-corrected chi connectivity index (χ0v) is 10.1. The summed E-state index contributed by atoms with van der Waals surface area (Å²) in [7, 11) is 0. The van der Waals surface area contributed by atoms with Crippen LogP contribution in [0.5, 0.6) is 0 Å². The third-order valence-corrected chi connectivity index (χ3v) is 3.43. The highest BCUT2D eigenvalue weighted by atomic mass is 19.1. The number of hydrogen-bond acceptors (Lipinski definition) is 2. The molecule has 1 aromatic carbocycles. The standard InChI is InChI=1S/C14H12FNO3/c15-9-3-4-10-11(5-9)16(7-8-1-2-8)12(14(18)19)6-13(10)17/h3-6,8H,1-2,7H2,(H,18,19). The first-order valence-corrected chi connectivity index (χ1v) is 6.12. The summed E-state index contributed by atoms with van der Waals surface area (Å²) < 4.78 is 14.9. The third kappa shape index (κ3) is 2.12. The molecule has 98 valence electrons. The number of pyridine rings is 1. The summed E-state index contributed by atoms with van der Waals surface area (Å²) in [6.07, 6.45) is 2.09. The number of carboxylic acid groups (broad SMARTS) is 1. The van der Waals surface area contributed by atoms with Crippen LogP contribution in [0.15, 0.2) is 29.1 Å². The van der Waals surface area contributed by atoms with E-state index >= 15 is 0 Å². The van der Waals surface area contributed by atoms with E-state index in [9.17, 15) is 19.1 Å². The molecule has 0 saturated heterocycles. The van der Waals surface area contributed by atoms with Crippen molar-refractivity contribution in [3.05, 3.63) is 46.0 Å². The van der Waals surface area contributed by atoms with Gasteiger partial charge in [0.1, 0.15) is 11.5 Å². The Hall–Kier alpha value is -2.17. The van der Waals surface area contributed by atoms with Gasteiger partial charge in [0.2, 0.25) is 0 Å². The fraction of sp³-hybridized carbons (Fsp3) is 0.286. The van der Waals surface area contributed by atoms with Crippen LogP contribution < -0.4 is 5.43 Å². The smallest absolute Gasteiger partial charge is 0.352 e. The summed E-state index contributed by atoms with van der Waals surface area (Å²) in [4.78, 5) is 23.1. The van der Waals surface area contributed by atoms with Gasteiger partial charge in [-0.05, 0) is 37.0 Å². The highest BCUT2D eigenvalue weighted by Gasteiger charge is 2.25. The van der Waals surface area contributed by atoms with E-state index in [2.05, 4.69) is 0 Å². The van der Waals surface area contributed by atoms with Crippen molar-refractivity contribution in [2.45, 2.75) is 19.4 Å². The first-order chi connectivity index (χ1) is 9.06. The molecule has 0 spiro atoms. The molecule has 0 radical (unpaired) electrons. The lowest BCUT2D eigenvalue weighted by Gasteiger charge is -2.14. The lowest BCUT2D eigenvalue weighted by Crippen LogP contribution is -2.19. The van der Waals surface area contributed by atoms with E-state index in [1.165, 1.54) is 18.2 Å². The first kappa shape index (κ1) is 11.9. The van der Waals surface area contributed by atoms with E-state index in [-0.39, 0.29) is 11.1 Å². The van der Waals surface area contributed by atoms with Gasteiger partial charge in [-0.1, -0.05) is 0 Å². The van der Waals surface area contributed by atoms with Crippen molar-refractivity contribution in [3.8, 4) is 0 Å². The topological polar surface area (TPSA) is 59.3 Å². The van der Waals surface area contributed by atoms with Crippen molar-refractivity contribution in [2.24, 2.45) is 5.92 Å². The molecular formula is C14H12FNO3. The van der Waals surface area contributed by atoms with E-state index in [4.69, 9.17) is 0 Å². The Morgan fingerprint density at radius 1 is 1.37 bits per heavy atom. The molecular weight excluding hydrogens is 249 g/mol. The molecule has 0 bridgehead atoms. The number of rotatable bonds is 3. The highest BCUT2D eigenvalue weighted by Crippen LogP contribution is 2.32. The van der Waals surface area contributed by atoms with Crippen molar-refractivity contribution < 1.29 is 14.3 Å². The SMILES string of the molecule is O=C(O)c1cc(=O)c2ccc(F)cc2n1CC1CC1. The van der Waals surface area contributed by atoms with Crippen LogP contribution in [0.25, 0.3) is 10.9 Å². The number of benzene rings is 1. The second-order valence-corrected chi connectivity index (χ2v) is 4.91. The molecule has 1 saturated carbocycles. The van der Waals surface area contributed by atoms with E-state index in [0.29, 0.717) is 23.4 Å². The zero-order chi connectivity index (χ0) is 13.6. The maximum atomic E-state index is 13.4. The molecule has 1 aromatic heterocycles. The van der Waals surface area contributed by atoms with Crippen LogP contribution >= 0.6 is 0 Å². The minimum atomic E-state index is -1.16. The third-order valence-electron chi connectivity index (χ3n) is 3.43. The largest absolute Gasteiger partial charge is 0.477 e. The predicted octanol–water partition coefficient (Wildman–Crippen LogP) is 2.25. The van der Waals surface area contributed by atoms with Crippen LogP contribution in [0.1, 0.15) is 23.3 Å². The van der Waals surface area contributed by atoms with Crippen molar-refractivity contribution in [1.29, 1.82) is 0 Å². The number of hydrogen-bond donors (Lipinski definition) is 1. The fourth-order valence-electron chi connectivity index (χ4n) is 2.28. The molecule has 3 rings (SSSR count). The molecule has 5 heteroatoms. The Kier molecular flexibility index (Phi) is 2.62. The van der Waals surface area contributed by atoms with Crippen molar-refractivity contribution >= 4 is 16.9 Å². The van der Waals surface area contributed by atoms with Crippen LogP contribution in [-0.2, 0) is 6.54 Å². The first-order valence-electron chi connectivity index (χ1n) is 6.12. The van der Waals surface area contributed by atoms with Gasteiger partial charge in [0.15, 0.2) is 5.43 Å². The Labute approximate surface area is 108 Å². The predicted molar refractivity (Wildman–Crippen MR) is 67.8 cm³/mol. The molecule has 2 aromatic rings. The minimum Gasteiger partial charge on any atom is -0.477 e. The molecule has 1 heterocycles. The van der Waals surface area contributed by atoms with E-state index < -0.39 is 11.8 Å². The minimum absolute atomic E-state index is 0.0741. The number of carboxylic acids is 1. The molecule has 1 aliphatic carbocycles. The average molecular weight is 261 g/mol. The fourth-order valence-corrected chi connectivity index (χ4v) is 2.28. The van der Waals surface area contributed by atoms with Gasteiger partial charge in [-0.2, -0.15) is 0 Å². The van der Waals surface area contributed by atoms with Gasteiger partial charge in [-0.15, -0.1) is 0 Å². The normalized spacial score (nSPS) is 14.8. The maximum Gasteiger partial charge on any atom is 0.352 e. The quantitative estimate of drug-likeness (QED) is 0.921. The Morgan fingerprint density at radius 2 is 2.11 bits per heavy atom. The number of aromatic carboxylic acids is 1. The van der Waals surface area contributed by atoms with Gasteiger partial charge in [-0.25, -0.2) is 9.18 Å².